The molecule has 0 aromatic heterocycles. The van der Waals surface area contributed by atoms with E-state index in [1.807, 2.05) is 0 Å². The molecule has 1 aromatic carbocycles. The molecule has 2 N–H and O–H groups in total. The van der Waals surface area contributed by atoms with Crippen molar-refractivity contribution in [3.05, 3.63) is 28.2 Å². The summed E-state index contributed by atoms with van der Waals surface area (Å²) in [6.07, 6.45) is 2.56. The van der Waals surface area contributed by atoms with Crippen molar-refractivity contribution in [2.45, 2.75) is 31.9 Å². The van der Waals surface area contributed by atoms with E-state index in [9.17, 15) is 4.79 Å². The van der Waals surface area contributed by atoms with Crippen molar-refractivity contribution in [3.63, 3.8) is 0 Å². The Bertz CT molecular complexity index is 432. The van der Waals surface area contributed by atoms with Crippen LogP contribution in [-0.4, -0.2) is 23.7 Å². The molecule has 4 nitrogen and oxygen atoms in total. The van der Waals surface area contributed by atoms with Crippen molar-refractivity contribution in [1.82, 2.24) is 5.32 Å². The van der Waals surface area contributed by atoms with Crippen LogP contribution in [0.3, 0.4) is 0 Å². The third kappa shape index (κ3) is 3.99. The Kier molecular flexibility index (Phi) is 4.60. The number of nitrogens with one attached hydrogen (secondary N) is 1. The maximum atomic E-state index is 11.4. The van der Waals surface area contributed by atoms with Crippen LogP contribution in [0.1, 0.15) is 24.8 Å². The second-order valence-electron chi connectivity index (χ2n) is 4.36. The predicted molar refractivity (Wildman–Crippen MR) is 71.3 cm³/mol. The molecule has 1 aromatic rings. The topological polar surface area (TPSA) is 58.6 Å². The molecule has 1 fully saturated rings. The number of amides is 1. The van der Waals surface area contributed by atoms with Gasteiger partial charge in [-0.1, -0.05) is 6.07 Å². The van der Waals surface area contributed by atoms with Crippen LogP contribution in [0.4, 0.5) is 0 Å². The fourth-order valence-electron chi connectivity index (χ4n) is 1.54. The molecule has 2 rings (SSSR count). The summed E-state index contributed by atoms with van der Waals surface area (Å²) >= 11 is 3.37. The van der Waals surface area contributed by atoms with Gasteiger partial charge in [-0.3, -0.25) is 4.79 Å². The highest BCUT2D eigenvalue weighted by Gasteiger charge is 2.22. The SMILES string of the molecule is O=C(CCOc1ccc(CO)cc1Br)NC1CC1. The van der Waals surface area contributed by atoms with Gasteiger partial charge in [0.15, 0.2) is 0 Å². The Morgan fingerprint density at radius 2 is 2.28 bits per heavy atom. The van der Waals surface area contributed by atoms with Gasteiger partial charge in [0.1, 0.15) is 5.75 Å². The first-order chi connectivity index (χ1) is 8.69. The van der Waals surface area contributed by atoms with Crippen LogP contribution >= 0.6 is 15.9 Å². The number of aliphatic hydroxyl groups is 1. The first-order valence-corrected chi connectivity index (χ1v) is 6.80. The van der Waals surface area contributed by atoms with E-state index in [0.717, 1.165) is 22.9 Å². The Balaban J connectivity index is 1.76. The minimum atomic E-state index is 0.00265. The van der Waals surface area contributed by atoms with Crippen LogP contribution in [0.25, 0.3) is 0 Å². The first kappa shape index (κ1) is 13.4. The summed E-state index contributed by atoms with van der Waals surface area (Å²) in [5.74, 6) is 0.729. The summed E-state index contributed by atoms with van der Waals surface area (Å²) < 4.78 is 6.31. The number of aliphatic hydroxyl groups excluding tert-OH is 1. The van der Waals surface area contributed by atoms with E-state index in [2.05, 4.69) is 21.2 Å². The highest BCUT2D eigenvalue weighted by atomic mass is 79.9. The third-order valence-corrected chi connectivity index (χ3v) is 3.33. The zero-order valence-electron chi connectivity index (χ0n) is 9.99. The highest BCUT2D eigenvalue weighted by molar-refractivity contribution is 9.10. The maximum Gasteiger partial charge on any atom is 0.223 e. The van der Waals surface area contributed by atoms with Crippen LogP contribution in [0, 0.1) is 0 Å². The number of carbonyl (C=O) groups excluding carboxylic acids is 1. The van der Waals surface area contributed by atoms with Gasteiger partial charge in [-0.05, 0) is 46.5 Å². The lowest BCUT2D eigenvalue weighted by Crippen LogP contribution is -2.26. The predicted octanol–water partition coefficient (Wildman–Crippen LogP) is 1.99. The van der Waals surface area contributed by atoms with Crippen molar-refractivity contribution in [1.29, 1.82) is 0 Å². The van der Waals surface area contributed by atoms with Crippen molar-refractivity contribution < 1.29 is 14.6 Å². The Labute approximate surface area is 114 Å². The average Bonchev–Trinajstić information content (AvgIpc) is 3.15. The minimum absolute atomic E-state index is 0.00265. The fourth-order valence-corrected chi connectivity index (χ4v) is 2.08. The van der Waals surface area contributed by atoms with E-state index in [1.54, 1.807) is 18.2 Å². The fraction of sp³-hybridized carbons (Fsp3) is 0.462. The van der Waals surface area contributed by atoms with Gasteiger partial charge in [-0.25, -0.2) is 0 Å². The summed E-state index contributed by atoms with van der Waals surface area (Å²) in [6, 6.07) is 5.78. The van der Waals surface area contributed by atoms with Crippen molar-refractivity contribution >= 4 is 21.8 Å². The third-order valence-electron chi connectivity index (χ3n) is 2.71. The lowest BCUT2D eigenvalue weighted by Gasteiger charge is -2.09. The number of hydrogen-bond donors (Lipinski definition) is 2. The van der Waals surface area contributed by atoms with Gasteiger partial charge >= 0.3 is 0 Å². The second kappa shape index (κ2) is 6.20. The van der Waals surface area contributed by atoms with E-state index in [0.29, 0.717) is 24.8 Å². The second-order valence-corrected chi connectivity index (χ2v) is 5.22. The van der Waals surface area contributed by atoms with Crippen LogP contribution in [0.2, 0.25) is 0 Å². The molecule has 0 aliphatic heterocycles. The molecule has 98 valence electrons. The maximum absolute atomic E-state index is 11.4. The van der Waals surface area contributed by atoms with Gasteiger partial charge in [0, 0.05) is 6.04 Å². The lowest BCUT2D eigenvalue weighted by atomic mass is 10.2. The molecule has 5 heteroatoms. The van der Waals surface area contributed by atoms with Gasteiger partial charge in [-0.15, -0.1) is 0 Å². The first-order valence-electron chi connectivity index (χ1n) is 6.00. The normalized spacial score (nSPS) is 14.3. The largest absolute Gasteiger partial charge is 0.492 e. The van der Waals surface area contributed by atoms with E-state index >= 15 is 0 Å². The summed E-state index contributed by atoms with van der Waals surface area (Å²) in [4.78, 5) is 11.4. The van der Waals surface area contributed by atoms with Gasteiger partial charge in [-0.2, -0.15) is 0 Å². The summed E-state index contributed by atoms with van der Waals surface area (Å²) in [6.45, 7) is 0.359. The average molecular weight is 314 g/mol. The quantitative estimate of drug-likeness (QED) is 0.844. The van der Waals surface area contributed by atoms with Crippen molar-refractivity contribution in [2.24, 2.45) is 0 Å². The Morgan fingerprint density at radius 3 is 2.89 bits per heavy atom. The molecule has 0 radical (unpaired) electrons. The smallest absolute Gasteiger partial charge is 0.223 e. The summed E-state index contributed by atoms with van der Waals surface area (Å²) in [5.41, 5.74) is 0.820. The van der Waals surface area contributed by atoms with Gasteiger partial charge in [0.25, 0.3) is 0 Å². The lowest BCUT2D eigenvalue weighted by molar-refractivity contribution is -0.121. The Hall–Kier alpha value is -1.07. The van der Waals surface area contributed by atoms with E-state index in [-0.39, 0.29) is 12.5 Å². The molecule has 1 aliphatic rings. The molecular formula is C13H16BrNO3. The molecule has 0 bridgehead atoms. The van der Waals surface area contributed by atoms with Crippen molar-refractivity contribution in [3.8, 4) is 5.75 Å². The van der Waals surface area contributed by atoms with Crippen molar-refractivity contribution in [2.75, 3.05) is 6.61 Å². The highest BCUT2D eigenvalue weighted by Crippen LogP contribution is 2.26. The van der Waals surface area contributed by atoms with Gasteiger partial charge in [0.05, 0.1) is 24.1 Å². The van der Waals surface area contributed by atoms with Gasteiger partial charge < -0.3 is 15.2 Å². The number of rotatable bonds is 6. The van der Waals surface area contributed by atoms with E-state index in [1.165, 1.54) is 0 Å². The monoisotopic (exact) mass is 313 g/mol. The number of ether oxygens (including phenoxy) is 1. The number of carbonyl (C=O) groups is 1. The number of hydrogen-bond acceptors (Lipinski definition) is 3. The zero-order chi connectivity index (χ0) is 13.0. The number of halogens is 1. The molecule has 1 saturated carbocycles. The molecule has 0 atom stereocenters. The van der Waals surface area contributed by atoms with Gasteiger partial charge in [0.2, 0.25) is 5.91 Å². The molecule has 0 heterocycles. The molecule has 0 spiro atoms. The molecule has 1 amide bonds. The molecule has 0 unspecified atom stereocenters. The molecule has 0 saturated heterocycles. The van der Waals surface area contributed by atoms with Crippen LogP contribution in [-0.2, 0) is 11.4 Å². The number of benzene rings is 1. The van der Waals surface area contributed by atoms with E-state index < -0.39 is 0 Å². The molecule has 1 aliphatic carbocycles. The van der Waals surface area contributed by atoms with E-state index in [4.69, 9.17) is 9.84 Å². The Morgan fingerprint density at radius 1 is 1.50 bits per heavy atom. The molecular weight excluding hydrogens is 298 g/mol. The minimum Gasteiger partial charge on any atom is -0.492 e. The van der Waals surface area contributed by atoms with Crippen LogP contribution in [0.5, 0.6) is 5.75 Å². The summed E-state index contributed by atoms with van der Waals surface area (Å²) in [5, 5.41) is 11.9. The zero-order valence-corrected chi connectivity index (χ0v) is 11.6. The van der Waals surface area contributed by atoms with Crippen LogP contribution < -0.4 is 10.1 Å². The molecule has 18 heavy (non-hydrogen) atoms. The summed E-state index contributed by atoms with van der Waals surface area (Å²) in [7, 11) is 0. The standard InChI is InChI=1S/C13H16BrNO3/c14-11-7-9(8-16)1-4-12(11)18-6-5-13(17)15-10-2-3-10/h1,4,7,10,16H,2-3,5-6,8H2,(H,15,17). The van der Waals surface area contributed by atoms with Crippen LogP contribution in [0.15, 0.2) is 22.7 Å².